The number of carbonyl (C=O) groups is 1. The van der Waals surface area contributed by atoms with Crippen molar-refractivity contribution in [2.45, 2.75) is 46.0 Å². The Morgan fingerprint density at radius 2 is 1.88 bits per heavy atom. The van der Waals surface area contributed by atoms with Crippen molar-refractivity contribution in [3.63, 3.8) is 0 Å². The van der Waals surface area contributed by atoms with Crippen molar-refractivity contribution < 1.29 is 9.53 Å². The van der Waals surface area contributed by atoms with Crippen LogP contribution in [-0.4, -0.2) is 12.0 Å². The minimum absolute atomic E-state index is 0. The van der Waals surface area contributed by atoms with Crippen LogP contribution in [0.5, 0.6) is 5.75 Å². The summed E-state index contributed by atoms with van der Waals surface area (Å²) in [5.74, 6) is 0.732. The summed E-state index contributed by atoms with van der Waals surface area (Å²) in [4.78, 5) is 12.3. The second-order valence-electron chi connectivity index (χ2n) is 6.25. The first-order valence-electron chi connectivity index (χ1n) is 8.52. The summed E-state index contributed by atoms with van der Waals surface area (Å²) >= 11 is 0. The van der Waals surface area contributed by atoms with Crippen molar-refractivity contribution in [1.82, 2.24) is 10.6 Å². The molecular formula is C20H25ClN2O2. The van der Waals surface area contributed by atoms with Gasteiger partial charge >= 0.3 is 0 Å². The smallest absolute Gasteiger partial charge is 0.251 e. The second kappa shape index (κ2) is 8.88. The van der Waals surface area contributed by atoms with E-state index in [2.05, 4.69) is 35.8 Å². The second-order valence-corrected chi connectivity index (χ2v) is 6.25. The topological polar surface area (TPSA) is 50.4 Å². The molecule has 0 aliphatic carbocycles. The quantitative estimate of drug-likeness (QED) is 0.823. The van der Waals surface area contributed by atoms with E-state index in [1.165, 1.54) is 11.1 Å². The number of ether oxygens (including phenoxy) is 1. The van der Waals surface area contributed by atoms with Crippen LogP contribution in [0.25, 0.3) is 0 Å². The van der Waals surface area contributed by atoms with Gasteiger partial charge in [-0.15, -0.1) is 12.4 Å². The highest BCUT2D eigenvalue weighted by molar-refractivity contribution is 5.94. The Kier molecular flexibility index (Phi) is 6.85. The minimum Gasteiger partial charge on any atom is -0.491 e. The molecule has 0 fully saturated rings. The van der Waals surface area contributed by atoms with Crippen LogP contribution < -0.4 is 15.4 Å². The minimum atomic E-state index is -0.0660. The maximum atomic E-state index is 12.3. The summed E-state index contributed by atoms with van der Waals surface area (Å²) in [6.45, 7) is 6.51. The largest absolute Gasteiger partial charge is 0.491 e. The predicted molar refractivity (Wildman–Crippen MR) is 102 cm³/mol. The van der Waals surface area contributed by atoms with Crippen molar-refractivity contribution >= 4 is 18.3 Å². The van der Waals surface area contributed by atoms with E-state index in [-0.39, 0.29) is 24.4 Å². The number of benzene rings is 2. The fourth-order valence-electron chi connectivity index (χ4n) is 2.74. The number of amides is 1. The Bertz CT molecular complexity index is 716. The maximum absolute atomic E-state index is 12.3. The van der Waals surface area contributed by atoms with E-state index in [0.717, 1.165) is 30.8 Å². The van der Waals surface area contributed by atoms with Crippen LogP contribution in [0, 0.1) is 0 Å². The summed E-state index contributed by atoms with van der Waals surface area (Å²) in [6, 6.07) is 13.7. The third-order valence-electron chi connectivity index (χ3n) is 4.38. The zero-order valence-corrected chi connectivity index (χ0v) is 15.5. The first-order valence-corrected chi connectivity index (χ1v) is 8.52. The summed E-state index contributed by atoms with van der Waals surface area (Å²) < 4.78 is 5.73. The van der Waals surface area contributed by atoms with Crippen molar-refractivity contribution in [1.29, 1.82) is 0 Å². The van der Waals surface area contributed by atoms with Gasteiger partial charge in [-0.2, -0.15) is 0 Å². The number of carbonyl (C=O) groups excluding carboxylic acids is 1. The van der Waals surface area contributed by atoms with Gasteiger partial charge in [-0.3, -0.25) is 4.79 Å². The van der Waals surface area contributed by atoms with Crippen molar-refractivity contribution in [2.24, 2.45) is 0 Å². The number of hydrogen-bond acceptors (Lipinski definition) is 3. The predicted octanol–water partition coefficient (Wildman–Crippen LogP) is 3.82. The van der Waals surface area contributed by atoms with Gasteiger partial charge in [-0.25, -0.2) is 0 Å². The monoisotopic (exact) mass is 360 g/mol. The molecule has 1 heterocycles. The van der Waals surface area contributed by atoms with Gasteiger partial charge in [0, 0.05) is 25.2 Å². The van der Waals surface area contributed by atoms with Crippen LogP contribution in [0.15, 0.2) is 42.5 Å². The molecule has 0 saturated heterocycles. The average Bonchev–Trinajstić information content (AvgIpc) is 3.08. The van der Waals surface area contributed by atoms with E-state index in [4.69, 9.17) is 4.74 Å². The Hall–Kier alpha value is -2.04. The molecule has 2 aromatic carbocycles. The van der Waals surface area contributed by atoms with Crippen LogP contribution >= 0.6 is 12.4 Å². The van der Waals surface area contributed by atoms with Crippen LogP contribution in [-0.2, 0) is 19.6 Å². The van der Waals surface area contributed by atoms with E-state index in [1.54, 1.807) is 12.1 Å². The lowest BCUT2D eigenvalue weighted by Crippen LogP contribution is -2.22. The molecule has 0 saturated carbocycles. The number of fused-ring (bicyclic) bond motifs is 1. The Morgan fingerprint density at radius 1 is 1.16 bits per heavy atom. The fourth-order valence-corrected chi connectivity index (χ4v) is 2.74. The molecule has 3 rings (SSSR count). The van der Waals surface area contributed by atoms with Gasteiger partial charge in [0.2, 0.25) is 0 Å². The van der Waals surface area contributed by atoms with Gasteiger partial charge in [-0.1, -0.05) is 25.1 Å². The molecule has 4 nitrogen and oxygen atoms in total. The lowest BCUT2D eigenvalue weighted by atomic mass is 10.1. The Balaban J connectivity index is 0.00000225. The van der Waals surface area contributed by atoms with Crippen LogP contribution in [0.1, 0.15) is 47.3 Å². The molecule has 2 N–H and O–H groups in total. The number of halogens is 1. The zero-order chi connectivity index (χ0) is 16.9. The molecule has 1 unspecified atom stereocenters. The number of nitrogens with one attached hydrogen (secondary N) is 2. The van der Waals surface area contributed by atoms with Crippen LogP contribution in [0.4, 0.5) is 0 Å². The van der Waals surface area contributed by atoms with E-state index < -0.39 is 0 Å². The van der Waals surface area contributed by atoms with Crippen LogP contribution in [0.3, 0.4) is 0 Å². The summed E-state index contributed by atoms with van der Waals surface area (Å²) in [6.07, 6.45) is 1.14. The highest BCUT2D eigenvalue weighted by Gasteiger charge is 2.11. The lowest BCUT2D eigenvalue weighted by molar-refractivity contribution is 0.0951. The molecule has 134 valence electrons. The van der Waals surface area contributed by atoms with Crippen LogP contribution in [0.2, 0.25) is 0 Å². The van der Waals surface area contributed by atoms with E-state index in [9.17, 15) is 4.79 Å². The average molecular weight is 361 g/mol. The van der Waals surface area contributed by atoms with Gasteiger partial charge in [0.05, 0.1) is 6.10 Å². The molecule has 1 aliphatic heterocycles. The first kappa shape index (κ1) is 19.3. The SMILES string of the molecule is CCC(C)Oc1ccc(C(=O)NCc2ccc3c(c2)CNC3)cc1.Cl. The third-order valence-corrected chi connectivity index (χ3v) is 4.38. The standard InChI is InChI=1S/C20H24N2O2.ClH/c1-3-14(2)24-19-8-6-16(7-9-19)20(23)22-11-15-4-5-17-12-21-13-18(17)10-15;/h4-10,14,21H,3,11-13H2,1-2H3,(H,22,23);1H. The third kappa shape index (κ3) is 4.97. The van der Waals surface area contributed by atoms with Gasteiger partial charge in [0.1, 0.15) is 5.75 Å². The lowest BCUT2D eigenvalue weighted by Gasteiger charge is -2.13. The van der Waals surface area contributed by atoms with E-state index in [0.29, 0.717) is 12.1 Å². The first-order chi connectivity index (χ1) is 11.7. The van der Waals surface area contributed by atoms with Gasteiger partial charge < -0.3 is 15.4 Å². The molecule has 25 heavy (non-hydrogen) atoms. The summed E-state index contributed by atoms with van der Waals surface area (Å²) in [5, 5.41) is 6.31. The molecule has 0 radical (unpaired) electrons. The van der Waals surface area contributed by atoms with Gasteiger partial charge in [0.25, 0.3) is 5.91 Å². The molecule has 0 spiro atoms. The van der Waals surface area contributed by atoms with Crippen molar-refractivity contribution in [3.8, 4) is 5.75 Å². The highest BCUT2D eigenvalue weighted by atomic mass is 35.5. The Morgan fingerprint density at radius 3 is 2.60 bits per heavy atom. The number of rotatable bonds is 6. The summed E-state index contributed by atoms with van der Waals surface area (Å²) in [5.41, 5.74) is 4.45. The molecule has 2 aromatic rings. The number of hydrogen-bond donors (Lipinski definition) is 2. The molecule has 0 bridgehead atoms. The molecular weight excluding hydrogens is 336 g/mol. The molecule has 1 aliphatic rings. The van der Waals surface area contributed by atoms with E-state index in [1.807, 2.05) is 19.1 Å². The molecule has 1 amide bonds. The fraction of sp³-hybridized carbons (Fsp3) is 0.350. The Labute approximate surface area is 155 Å². The zero-order valence-electron chi connectivity index (χ0n) is 14.7. The van der Waals surface area contributed by atoms with Gasteiger partial charge in [-0.05, 0) is 54.3 Å². The summed E-state index contributed by atoms with van der Waals surface area (Å²) in [7, 11) is 0. The van der Waals surface area contributed by atoms with E-state index >= 15 is 0 Å². The molecule has 5 heteroatoms. The van der Waals surface area contributed by atoms with Crippen molar-refractivity contribution in [3.05, 3.63) is 64.7 Å². The molecule has 1 atom stereocenters. The normalized spacial score (nSPS) is 13.5. The molecule has 0 aromatic heterocycles. The van der Waals surface area contributed by atoms with Gasteiger partial charge in [0.15, 0.2) is 0 Å². The maximum Gasteiger partial charge on any atom is 0.251 e. The highest BCUT2D eigenvalue weighted by Crippen LogP contribution is 2.17. The van der Waals surface area contributed by atoms with Crippen molar-refractivity contribution in [2.75, 3.05) is 0 Å².